The van der Waals surface area contributed by atoms with Crippen molar-refractivity contribution in [3.63, 3.8) is 0 Å². The van der Waals surface area contributed by atoms with Crippen LogP contribution in [0.1, 0.15) is 39.0 Å². The molecule has 0 aromatic heterocycles. The summed E-state index contributed by atoms with van der Waals surface area (Å²) >= 11 is 0. The van der Waals surface area contributed by atoms with Gasteiger partial charge in [0.1, 0.15) is 64.0 Å². The number of hydrogen-bond donors (Lipinski definition) is 0. The van der Waals surface area contributed by atoms with Gasteiger partial charge in [-0.3, -0.25) is 0 Å². The molecule has 4 aromatic carbocycles. The molecule has 65 heavy (non-hydrogen) atoms. The van der Waals surface area contributed by atoms with Gasteiger partial charge in [-0.2, -0.15) is 0 Å². The molecule has 0 bridgehead atoms. The van der Waals surface area contributed by atoms with Crippen LogP contribution in [0.4, 0.5) is 87.8 Å². The molecular formula is C39H27BF20O4S. The average Bonchev–Trinajstić information content (AvgIpc) is 3.27. The molecule has 0 N–H and O–H groups in total. The Morgan fingerprint density at radius 2 is 0.631 bits per heavy atom. The highest BCUT2D eigenvalue weighted by Gasteiger charge is 2.52. The Kier molecular flexibility index (Phi) is 17.6. The quantitative estimate of drug-likeness (QED) is 0.0129. The van der Waals surface area contributed by atoms with Crippen molar-refractivity contribution >= 4 is 50.8 Å². The Morgan fingerprint density at radius 1 is 0.400 bits per heavy atom. The van der Waals surface area contributed by atoms with Gasteiger partial charge >= 0.3 is 11.9 Å². The summed E-state index contributed by atoms with van der Waals surface area (Å²) in [5.41, 5.74) is -13.4. The third-order valence-corrected chi connectivity index (χ3v) is 10.6. The Balaban J connectivity index is 0.000000473. The molecule has 4 rings (SSSR count). The number of halogens is 20. The molecule has 26 heteroatoms. The third-order valence-electron chi connectivity index (χ3n) is 9.63. The van der Waals surface area contributed by atoms with Crippen molar-refractivity contribution in [1.29, 1.82) is 0 Å². The first-order valence-corrected chi connectivity index (χ1v) is 20.0. The summed E-state index contributed by atoms with van der Waals surface area (Å²) < 4.78 is 303. The van der Waals surface area contributed by atoms with Gasteiger partial charge in [-0.15, -0.1) is 21.9 Å². The number of esters is 2. The van der Waals surface area contributed by atoms with Gasteiger partial charge in [0.25, 0.3) is 0 Å². The van der Waals surface area contributed by atoms with E-state index in [0.717, 1.165) is 37.0 Å². The molecule has 356 valence electrons. The fraction of sp³-hybridized carbons (Fsp3) is 0.282. The van der Waals surface area contributed by atoms with Crippen LogP contribution in [0.15, 0.2) is 11.1 Å². The first-order valence-electron chi connectivity index (χ1n) is 17.8. The van der Waals surface area contributed by atoms with Crippen molar-refractivity contribution in [3.05, 3.63) is 127 Å². The van der Waals surface area contributed by atoms with Crippen LogP contribution in [0.3, 0.4) is 0 Å². The summed E-state index contributed by atoms with van der Waals surface area (Å²) in [5, 5.41) is 0. The van der Waals surface area contributed by atoms with Crippen molar-refractivity contribution in [2.24, 2.45) is 0 Å². The summed E-state index contributed by atoms with van der Waals surface area (Å²) in [6, 6.07) is 0. The smallest absolute Gasteiger partial charge is 0.345 e. The monoisotopic (exact) mass is 982 g/mol. The fourth-order valence-corrected chi connectivity index (χ4v) is 7.82. The Bertz CT molecular complexity index is 2170. The maximum atomic E-state index is 15.4. The molecule has 0 amide bonds. The maximum absolute atomic E-state index is 15.4. The van der Waals surface area contributed by atoms with Crippen LogP contribution in [0.2, 0.25) is 0 Å². The lowest BCUT2D eigenvalue weighted by Crippen LogP contribution is -2.81. The average molecular weight is 982 g/mol. The molecule has 0 radical (unpaired) electrons. The summed E-state index contributed by atoms with van der Waals surface area (Å²) in [6.07, 6.45) is 2.15. The second-order valence-electron chi connectivity index (χ2n) is 13.7. The van der Waals surface area contributed by atoms with Crippen LogP contribution in [-0.2, 0) is 30.0 Å². The molecule has 0 aliphatic rings. The SMILES string of the molecule is CCCCCCC(C[S+](C)C)=C(C(=O)OC)C(=O)OC.Fc1c(F)c(F)c([B-](c2c(F)c(F)c(F)c(F)c2F)(c2c(F)c(F)c(F)c(F)c2F)c2c(F)c(F)c(F)c(F)c2F)c(F)c1F. The van der Waals surface area contributed by atoms with Gasteiger partial charge in [0, 0.05) is 5.57 Å². The number of carbonyl (C=O) groups is 2. The molecule has 0 aliphatic heterocycles. The van der Waals surface area contributed by atoms with Gasteiger partial charge in [-0.25, -0.2) is 97.4 Å². The van der Waals surface area contributed by atoms with Crippen LogP contribution in [0.25, 0.3) is 0 Å². The Morgan fingerprint density at radius 3 is 0.831 bits per heavy atom. The highest BCUT2D eigenvalue weighted by molar-refractivity contribution is 7.95. The van der Waals surface area contributed by atoms with E-state index in [1.54, 1.807) is 0 Å². The zero-order valence-electron chi connectivity index (χ0n) is 33.4. The molecule has 0 saturated carbocycles. The predicted octanol–water partition coefficient (Wildman–Crippen LogP) is 8.32. The normalized spacial score (nSPS) is 11.5. The molecule has 0 unspecified atom stereocenters. The largest absolute Gasteiger partial charge is 0.465 e. The molecular weight excluding hydrogens is 955 g/mol. The zero-order chi connectivity index (χ0) is 49.9. The van der Waals surface area contributed by atoms with E-state index in [1.807, 2.05) is 0 Å². The van der Waals surface area contributed by atoms with Crippen LogP contribution >= 0.6 is 0 Å². The second-order valence-corrected chi connectivity index (χ2v) is 16.0. The summed E-state index contributed by atoms with van der Waals surface area (Å²) in [5.74, 6) is -71.8. The van der Waals surface area contributed by atoms with Crippen LogP contribution in [-0.4, -0.2) is 50.6 Å². The van der Waals surface area contributed by atoms with Gasteiger partial charge in [0.05, 0.1) is 26.7 Å². The van der Waals surface area contributed by atoms with Crippen molar-refractivity contribution < 1.29 is 107 Å². The molecule has 0 spiro atoms. The van der Waals surface area contributed by atoms with Gasteiger partial charge in [-0.05, 0) is 23.7 Å². The molecule has 4 aromatic rings. The van der Waals surface area contributed by atoms with Crippen molar-refractivity contribution in [3.8, 4) is 0 Å². The number of ether oxygens (including phenoxy) is 2. The third kappa shape index (κ3) is 9.49. The lowest BCUT2D eigenvalue weighted by molar-refractivity contribution is -0.144. The predicted molar refractivity (Wildman–Crippen MR) is 193 cm³/mol. The number of benzene rings is 4. The molecule has 0 fully saturated rings. The summed E-state index contributed by atoms with van der Waals surface area (Å²) in [7, 11) is 2.69. The standard InChI is InChI=1S/C24BF20.C15H27O4S/c26-5-1(6(27)14(35)21(42)13(5)34)25(2-7(28)15(36)22(43)16(37)8(2)29,3-9(30)17(38)23(44)18(39)10(3)31)4-11(32)19(40)24(45)20(41)12(4)33;1-6-7-8-9-10-12(11-20(4)5)13(14(16)18-2)15(17)19-3/h;6-11H2,1-5H3/q-1;+1. The Hall–Kier alpha value is -5.43. The molecule has 0 aliphatic carbocycles. The molecule has 4 nitrogen and oxygen atoms in total. The highest BCUT2D eigenvalue weighted by Crippen LogP contribution is 2.31. The van der Waals surface area contributed by atoms with Crippen LogP contribution < -0.4 is 21.9 Å². The minimum atomic E-state index is -7.22. The fourth-order valence-electron chi connectivity index (χ4n) is 6.83. The molecule has 0 heterocycles. The topological polar surface area (TPSA) is 52.6 Å². The second kappa shape index (κ2) is 21.3. The Labute approximate surface area is 356 Å². The van der Waals surface area contributed by atoms with Gasteiger partial charge < -0.3 is 9.47 Å². The minimum absolute atomic E-state index is 0.0905. The van der Waals surface area contributed by atoms with Gasteiger partial charge in [0.15, 0.2) is 69.8 Å². The highest BCUT2D eigenvalue weighted by atomic mass is 32.2. The molecule has 0 atom stereocenters. The van der Waals surface area contributed by atoms with E-state index >= 15 is 35.1 Å². The minimum Gasteiger partial charge on any atom is -0.465 e. The van der Waals surface area contributed by atoms with Crippen LogP contribution in [0.5, 0.6) is 0 Å². The van der Waals surface area contributed by atoms with Crippen molar-refractivity contribution in [2.75, 3.05) is 32.5 Å². The summed E-state index contributed by atoms with van der Waals surface area (Å²) in [6.45, 7) is 2.15. The number of hydrogen-bond acceptors (Lipinski definition) is 4. The maximum Gasteiger partial charge on any atom is 0.345 e. The lowest BCUT2D eigenvalue weighted by Gasteiger charge is -2.44. The number of methoxy groups -OCH3 is 2. The summed E-state index contributed by atoms with van der Waals surface area (Å²) in [4.78, 5) is 23.7. The van der Waals surface area contributed by atoms with E-state index in [4.69, 9.17) is 9.47 Å². The van der Waals surface area contributed by atoms with Gasteiger partial charge in [0.2, 0.25) is 0 Å². The number of rotatable bonds is 13. The zero-order valence-corrected chi connectivity index (χ0v) is 34.2. The van der Waals surface area contributed by atoms with E-state index in [2.05, 4.69) is 19.4 Å². The van der Waals surface area contributed by atoms with E-state index in [1.165, 1.54) is 20.6 Å². The van der Waals surface area contributed by atoms with Gasteiger partial charge in [-0.1, -0.05) is 26.2 Å². The van der Waals surface area contributed by atoms with E-state index in [-0.39, 0.29) is 16.5 Å². The van der Waals surface area contributed by atoms with E-state index < -0.39 is 156 Å². The first kappa shape index (κ1) is 53.9. The van der Waals surface area contributed by atoms with Crippen molar-refractivity contribution in [1.82, 2.24) is 0 Å². The lowest BCUT2D eigenvalue weighted by atomic mass is 9.12. The number of carbonyl (C=O) groups excluding carboxylic acids is 2. The van der Waals surface area contributed by atoms with Crippen LogP contribution in [0, 0.1) is 116 Å². The first-order chi connectivity index (χ1) is 30.2. The van der Waals surface area contributed by atoms with E-state index in [0.29, 0.717) is 0 Å². The van der Waals surface area contributed by atoms with Crippen molar-refractivity contribution in [2.45, 2.75) is 39.0 Å². The molecule has 0 saturated heterocycles. The number of unbranched alkanes of at least 4 members (excludes halogenated alkanes) is 3. The van der Waals surface area contributed by atoms with E-state index in [9.17, 15) is 62.3 Å².